The Hall–Kier alpha value is -3.07. The molecule has 2 amide bonds. The van der Waals surface area contributed by atoms with E-state index in [4.69, 9.17) is 4.74 Å². The number of carbonyl (C=O) groups is 1. The Balaban J connectivity index is 2.25. The van der Waals surface area contributed by atoms with Crippen LogP contribution < -0.4 is 20.1 Å². The van der Waals surface area contributed by atoms with Crippen LogP contribution >= 0.6 is 0 Å². The SMILES string of the molecule is CCOc1ncc(S(=O)(=O)NCC(F)(F)F)cc1NC(=O)Nc1cccc(C(F)(F)F)c1. The molecule has 0 bridgehead atoms. The largest absolute Gasteiger partial charge is 0.476 e. The first kappa shape index (κ1) is 25.2. The number of aromatic nitrogens is 1. The molecule has 2 aromatic rings. The summed E-state index contributed by atoms with van der Waals surface area (Å²) in [5.41, 5.74) is -1.58. The van der Waals surface area contributed by atoms with E-state index in [0.29, 0.717) is 6.07 Å². The fraction of sp³-hybridized carbons (Fsp3) is 0.294. The van der Waals surface area contributed by atoms with E-state index in [0.717, 1.165) is 24.4 Å². The third-order valence-corrected chi connectivity index (χ3v) is 4.94. The van der Waals surface area contributed by atoms with Crippen LogP contribution in [0, 0.1) is 0 Å². The molecule has 1 aromatic carbocycles. The van der Waals surface area contributed by atoms with Crippen molar-refractivity contribution < 1.29 is 44.3 Å². The molecule has 0 saturated carbocycles. The van der Waals surface area contributed by atoms with Gasteiger partial charge in [0.1, 0.15) is 17.1 Å². The number of urea groups is 1. The molecule has 176 valence electrons. The molecular formula is C17H16F6N4O4S. The highest BCUT2D eigenvalue weighted by molar-refractivity contribution is 7.89. The van der Waals surface area contributed by atoms with E-state index >= 15 is 0 Å². The van der Waals surface area contributed by atoms with Crippen molar-refractivity contribution in [3.05, 3.63) is 42.1 Å². The maximum absolute atomic E-state index is 12.8. The number of ether oxygens (including phenoxy) is 1. The number of benzene rings is 1. The number of nitrogens with one attached hydrogen (secondary N) is 3. The highest BCUT2D eigenvalue weighted by Gasteiger charge is 2.31. The van der Waals surface area contributed by atoms with Crippen molar-refractivity contribution in [2.24, 2.45) is 0 Å². The number of pyridine rings is 1. The lowest BCUT2D eigenvalue weighted by Crippen LogP contribution is -2.33. The fourth-order valence-electron chi connectivity index (χ4n) is 2.24. The van der Waals surface area contributed by atoms with Gasteiger partial charge in [-0.25, -0.2) is 22.9 Å². The maximum atomic E-state index is 12.8. The van der Waals surface area contributed by atoms with Gasteiger partial charge in [0.15, 0.2) is 0 Å². The Morgan fingerprint density at radius 1 is 1.09 bits per heavy atom. The molecular weight excluding hydrogens is 470 g/mol. The topological polar surface area (TPSA) is 109 Å². The van der Waals surface area contributed by atoms with Crippen molar-refractivity contribution in [1.82, 2.24) is 9.71 Å². The molecule has 0 spiro atoms. The van der Waals surface area contributed by atoms with E-state index in [9.17, 15) is 39.6 Å². The Morgan fingerprint density at radius 3 is 2.38 bits per heavy atom. The molecule has 32 heavy (non-hydrogen) atoms. The summed E-state index contributed by atoms with van der Waals surface area (Å²) < 4.78 is 106. The van der Waals surface area contributed by atoms with E-state index in [1.165, 1.54) is 10.8 Å². The van der Waals surface area contributed by atoms with Gasteiger partial charge in [-0.15, -0.1) is 0 Å². The summed E-state index contributed by atoms with van der Waals surface area (Å²) in [6.45, 7) is -0.250. The Bertz CT molecular complexity index is 1070. The first-order chi connectivity index (χ1) is 14.7. The molecule has 0 fully saturated rings. The molecule has 2 rings (SSSR count). The average Bonchev–Trinajstić information content (AvgIpc) is 2.67. The first-order valence-corrected chi connectivity index (χ1v) is 10.1. The molecule has 0 radical (unpaired) electrons. The van der Waals surface area contributed by atoms with Crippen LogP contribution in [0.3, 0.4) is 0 Å². The zero-order chi connectivity index (χ0) is 24.2. The minimum atomic E-state index is -4.81. The van der Waals surface area contributed by atoms with Gasteiger partial charge in [-0.1, -0.05) is 6.07 Å². The van der Waals surface area contributed by atoms with Gasteiger partial charge in [-0.2, -0.15) is 26.3 Å². The standard InChI is InChI=1S/C17H16F6N4O4S/c1-2-31-14-13(7-12(8-24-14)32(29,30)25-9-16(18,19)20)27-15(28)26-11-5-3-4-10(6-11)17(21,22)23/h3-8,25H,2,9H2,1H3,(H2,26,27,28). The second-order valence-electron chi connectivity index (χ2n) is 6.05. The number of hydrogen-bond donors (Lipinski definition) is 3. The van der Waals surface area contributed by atoms with Gasteiger partial charge in [0, 0.05) is 5.69 Å². The number of nitrogens with zero attached hydrogens (tertiary/aromatic N) is 1. The van der Waals surface area contributed by atoms with Crippen LogP contribution in [0.2, 0.25) is 0 Å². The lowest BCUT2D eigenvalue weighted by molar-refractivity contribution is -0.137. The molecule has 0 unspecified atom stereocenters. The summed E-state index contributed by atoms with van der Waals surface area (Å²) in [6.07, 6.45) is -8.73. The van der Waals surface area contributed by atoms with Gasteiger partial charge >= 0.3 is 18.4 Å². The number of sulfonamides is 1. The number of anilines is 2. The molecule has 8 nitrogen and oxygen atoms in total. The van der Waals surface area contributed by atoms with Crippen LogP contribution in [-0.2, 0) is 16.2 Å². The summed E-state index contributed by atoms with van der Waals surface area (Å²) in [6, 6.07) is 3.42. The van der Waals surface area contributed by atoms with E-state index in [2.05, 4.69) is 15.6 Å². The van der Waals surface area contributed by atoms with Crippen molar-refractivity contribution in [3.8, 4) is 5.88 Å². The number of rotatable bonds is 7. The quantitative estimate of drug-likeness (QED) is 0.513. The van der Waals surface area contributed by atoms with E-state index in [-0.39, 0.29) is 23.9 Å². The molecule has 0 saturated heterocycles. The molecule has 0 aliphatic heterocycles. The number of amides is 2. The predicted octanol–water partition coefficient (Wildman–Crippen LogP) is 3.98. The molecule has 0 atom stereocenters. The van der Waals surface area contributed by atoms with Gasteiger partial charge in [0.2, 0.25) is 15.9 Å². The number of alkyl halides is 6. The van der Waals surface area contributed by atoms with Crippen LogP contribution in [0.25, 0.3) is 0 Å². The van der Waals surface area contributed by atoms with Crippen LogP contribution in [0.1, 0.15) is 12.5 Å². The lowest BCUT2D eigenvalue weighted by Gasteiger charge is -2.14. The predicted molar refractivity (Wildman–Crippen MR) is 101 cm³/mol. The van der Waals surface area contributed by atoms with Crippen molar-refractivity contribution in [1.29, 1.82) is 0 Å². The average molecular weight is 486 g/mol. The highest BCUT2D eigenvalue weighted by atomic mass is 32.2. The van der Waals surface area contributed by atoms with E-state index in [1.807, 2.05) is 0 Å². The van der Waals surface area contributed by atoms with Gasteiger partial charge < -0.3 is 15.4 Å². The maximum Gasteiger partial charge on any atom is 0.416 e. The smallest absolute Gasteiger partial charge is 0.416 e. The van der Waals surface area contributed by atoms with Crippen LogP contribution in [0.4, 0.5) is 42.5 Å². The van der Waals surface area contributed by atoms with E-state index in [1.54, 1.807) is 6.92 Å². The van der Waals surface area contributed by atoms with Gasteiger partial charge in [0.05, 0.1) is 18.4 Å². The Morgan fingerprint density at radius 2 is 1.78 bits per heavy atom. The molecule has 0 aliphatic rings. The normalized spacial score (nSPS) is 12.3. The summed E-state index contributed by atoms with van der Waals surface area (Å²) >= 11 is 0. The first-order valence-electron chi connectivity index (χ1n) is 8.66. The van der Waals surface area contributed by atoms with Crippen molar-refractivity contribution in [2.75, 3.05) is 23.8 Å². The lowest BCUT2D eigenvalue weighted by atomic mass is 10.2. The molecule has 1 heterocycles. The summed E-state index contributed by atoms with van der Waals surface area (Å²) in [5.74, 6) is -0.263. The Labute approximate surface area is 178 Å². The molecule has 0 aliphatic carbocycles. The molecule has 3 N–H and O–H groups in total. The van der Waals surface area contributed by atoms with Crippen LogP contribution in [-0.4, -0.2) is 38.8 Å². The number of hydrogen-bond acceptors (Lipinski definition) is 5. The number of halogens is 6. The van der Waals surface area contributed by atoms with Gasteiger partial charge in [-0.3, -0.25) is 0 Å². The van der Waals surface area contributed by atoms with Crippen molar-refractivity contribution in [3.63, 3.8) is 0 Å². The summed E-state index contributed by atoms with van der Waals surface area (Å²) in [7, 11) is -4.65. The molecule has 15 heteroatoms. The minimum Gasteiger partial charge on any atom is -0.476 e. The summed E-state index contributed by atoms with van der Waals surface area (Å²) in [4.78, 5) is 15.2. The minimum absolute atomic E-state index is 0.0371. The third-order valence-electron chi connectivity index (χ3n) is 3.58. The van der Waals surface area contributed by atoms with Gasteiger partial charge in [0.25, 0.3) is 0 Å². The monoisotopic (exact) mass is 486 g/mol. The zero-order valence-corrected chi connectivity index (χ0v) is 17.0. The second kappa shape index (κ2) is 9.60. The number of carbonyl (C=O) groups excluding carboxylic acids is 1. The highest BCUT2D eigenvalue weighted by Crippen LogP contribution is 2.31. The van der Waals surface area contributed by atoms with E-state index < -0.39 is 45.4 Å². The van der Waals surface area contributed by atoms with Crippen molar-refractivity contribution in [2.45, 2.75) is 24.2 Å². The Kier molecular flexibility index (Phi) is 7.56. The third kappa shape index (κ3) is 7.26. The summed E-state index contributed by atoms with van der Waals surface area (Å²) in [5, 5.41) is 4.28. The fourth-order valence-corrected chi connectivity index (χ4v) is 3.22. The van der Waals surface area contributed by atoms with Crippen LogP contribution in [0.15, 0.2) is 41.4 Å². The van der Waals surface area contributed by atoms with Gasteiger partial charge in [-0.05, 0) is 31.2 Å². The second-order valence-corrected chi connectivity index (χ2v) is 7.82. The van der Waals surface area contributed by atoms with Crippen LogP contribution in [0.5, 0.6) is 5.88 Å². The zero-order valence-electron chi connectivity index (χ0n) is 16.1. The van der Waals surface area contributed by atoms with Crippen molar-refractivity contribution >= 4 is 27.4 Å². The molecule has 1 aromatic heterocycles.